The Morgan fingerprint density at radius 2 is 1.05 bits per heavy atom. The molecule has 0 aliphatic heterocycles. The highest BCUT2D eigenvalue weighted by Gasteiger charge is 2.26. The molecule has 0 spiro atoms. The number of esters is 1. The molecule has 9 heteroatoms. The highest BCUT2D eigenvalue weighted by molar-refractivity contribution is 7.47. The first-order valence-corrected chi connectivity index (χ1v) is 24.2. The van der Waals surface area contributed by atoms with Crippen LogP contribution in [0.3, 0.4) is 0 Å². The number of carbonyl (C=O) groups excluding carboxylic acids is 1. The molecule has 0 rings (SSSR count). The topological polar surface area (TPSA) is 91.3 Å². The molecule has 1 N–H and O–H groups in total. The quantitative estimate of drug-likeness (QED) is 0.0216. The van der Waals surface area contributed by atoms with E-state index in [4.69, 9.17) is 18.5 Å². The van der Waals surface area contributed by atoms with E-state index in [1.165, 1.54) is 122 Å². The van der Waals surface area contributed by atoms with Crippen LogP contribution in [0.15, 0.2) is 36.5 Å². The number of allylic oxidation sites excluding steroid dienone is 6. The summed E-state index contributed by atoms with van der Waals surface area (Å²) < 4.78 is 35.0. The summed E-state index contributed by atoms with van der Waals surface area (Å²) in [5, 5.41) is 0. The number of unbranched alkanes of at least 4 members (excludes halogenated alkanes) is 22. The van der Waals surface area contributed by atoms with Gasteiger partial charge in [-0.25, -0.2) is 4.57 Å². The van der Waals surface area contributed by atoms with E-state index in [1.54, 1.807) is 0 Å². The van der Waals surface area contributed by atoms with Gasteiger partial charge >= 0.3 is 13.8 Å². The zero-order chi connectivity index (χ0) is 40.6. The Morgan fingerprint density at radius 1 is 0.582 bits per heavy atom. The number of likely N-dealkylation sites (N-methyl/N-ethyl adjacent to an activating group) is 1. The van der Waals surface area contributed by atoms with Gasteiger partial charge in [-0.05, 0) is 44.9 Å². The second-order valence-electron chi connectivity index (χ2n) is 16.4. The van der Waals surface area contributed by atoms with Crippen molar-refractivity contribution in [2.45, 2.75) is 200 Å². The molecule has 0 aromatic heterocycles. The molecule has 0 aromatic rings. The first-order valence-electron chi connectivity index (χ1n) is 22.7. The van der Waals surface area contributed by atoms with Crippen LogP contribution >= 0.6 is 7.82 Å². The Labute approximate surface area is 340 Å². The van der Waals surface area contributed by atoms with Crippen molar-refractivity contribution in [2.24, 2.45) is 0 Å². The molecule has 0 aliphatic carbocycles. The SMILES string of the molecule is CC/C=C\C/C=C\C/C=C\CCCCCCCCCCOCC(COP(=O)(O)OCC[N+](C)(C)C)OC(=O)CCCCCCCCCCCCCCCCC. The number of rotatable bonds is 42. The summed E-state index contributed by atoms with van der Waals surface area (Å²) in [7, 11) is 1.67. The average molecular weight is 799 g/mol. The lowest BCUT2D eigenvalue weighted by Crippen LogP contribution is -2.37. The summed E-state index contributed by atoms with van der Waals surface area (Å²) >= 11 is 0. The van der Waals surface area contributed by atoms with Crippen LogP contribution in [0.2, 0.25) is 0 Å². The van der Waals surface area contributed by atoms with E-state index < -0.39 is 13.9 Å². The average Bonchev–Trinajstić information content (AvgIpc) is 3.13. The van der Waals surface area contributed by atoms with Crippen LogP contribution in [0.4, 0.5) is 0 Å². The van der Waals surface area contributed by atoms with E-state index >= 15 is 0 Å². The van der Waals surface area contributed by atoms with Gasteiger partial charge in [0.25, 0.3) is 0 Å². The van der Waals surface area contributed by atoms with Crippen molar-refractivity contribution in [1.29, 1.82) is 0 Å². The second kappa shape index (κ2) is 39.5. The highest BCUT2D eigenvalue weighted by atomic mass is 31.2. The number of hydrogen-bond acceptors (Lipinski definition) is 6. The fraction of sp³-hybridized carbons (Fsp3) is 0.848. The monoisotopic (exact) mass is 799 g/mol. The lowest BCUT2D eigenvalue weighted by molar-refractivity contribution is -0.870. The predicted octanol–water partition coefficient (Wildman–Crippen LogP) is 13.4. The number of nitrogens with zero attached hydrogens (tertiary/aromatic N) is 1. The molecule has 2 atom stereocenters. The zero-order valence-corrected chi connectivity index (χ0v) is 37.6. The molecule has 8 nitrogen and oxygen atoms in total. The number of hydrogen-bond donors (Lipinski definition) is 1. The van der Waals surface area contributed by atoms with E-state index in [1.807, 2.05) is 21.1 Å². The fourth-order valence-corrected chi connectivity index (χ4v) is 6.96. The summed E-state index contributed by atoms with van der Waals surface area (Å²) in [6.07, 6.45) is 46.0. The van der Waals surface area contributed by atoms with Crippen molar-refractivity contribution in [3.05, 3.63) is 36.5 Å². The Morgan fingerprint density at radius 3 is 1.58 bits per heavy atom. The molecule has 0 aliphatic rings. The molecule has 0 saturated heterocycles. The van der Waals surface area contributed by atoms with Gasteiger partial charge in [0, 0.05) is 13.0 Å². The first-order chi connectivity index (χ1) is 26.6. The molecule has 0 amide bonds. The normalized spacial score (nSPS) is 14.1. The van der Waals surface area contributed by atoms with E-state index in [9.17, 15) is 14.3 Å². The van der Waals surface area contributed by atoms with Gasteiger partial charge in [-0.1, -0.05) is 179 Å². The van der Waals surface area contributed by atoms with Crippen molar-refractivity contribution in [3.8, 4) is 0 Å². The summed E-state index contributed by atoms with van der Waals surface area (Å²) in [5.74, 6) is -0.315. The zero-order valence-electron chi connectivity index (χ0n) is 36.7. The number of phosphoric ester groups is 1. The highest BCUT2D eigenvalue weighted by Crippen LogP contribution is 2.43. The minimum atomic E-state index is -4.27. The largest absolute Gasteiger partial charge is 0.472 e. The summed E-state index contributed by atoms with van der Waals surface area (Å²) in [6.45, 7) is 5.52. The van der Waals surface area contributed by atoms with Gasteiger partial charge in [-0.15, -0.1) is 0 Å². The molecule has 0 fully saturated rings. The van der Waals surface area contributed by atoms with Gasteiger partial charge in [0.05, 0.1) is 34.4 Å². The summed E-state index contributed by atoms with van der Waals surface area (Å²) in [6, 6.07) is 0. The predicted molar refractivity (Wildman–Crippen MR) is 233 cm³/mol. The van der Waals surface area contributed by atoms with Gasteiger partial charge in [-0.3, -0.25) is 13.8 Å². The van der Waals surface area contributed by atoms with Crippen LogP contribution in [0.1, 0.15) is 194 Å². The minimum Gasteiger partial charge on any atom is -0.457 e. The third-order valence-corrected chi connectivity index (χ3v) is 10.7. The third-order valence-electron chi connectivity index (χ3n) is 9.72. The van der Waals surface area contributed by atoms with Crippen molar-refractivity contribution >= 4 is 13.8 Å². The third kappa shape index (κ3) is 43.7. The molecule has 324 valence electrons. The fourth-order valence-electron chi connectivity index (χ4n) is 6.21. The van der Waals surface area contributed by atoms with E-state index in [0.29, 0.717) is 24.1 Å². The lowest BCUT2D eigenvalue weighted by Gasteiger charge is -2.24. The van der Waals surface area contributed by atoms with Crippen LogP contribution < -0.4 is 0 Å². The molecular formula is C46H89NO7P+. The van der Waals surface area contributed by atoms with E-state index in [2.05, 4.69) is 50.3 Å². The van der Waals surface area contributed by atoms with Crippen LogP contribution in [0.5, 0.6) is 0 Å². The standard InChI is InChI=1S/C46H88NO7P/c1-6-8-10-12-14-16-18-20-22-23-24-26-28-30-32-34-36-38-41-51-43-45(44-53-55(49,50)52-42-40-47(3,4)5)54-46(48)39-37-35-33-31-29-27-25-21-19-17-15-13-11-9-7-2/h8,10,14,16,20,22,45H,6-7,9,11-13,15,17-19,21,23-44H2,1-5H3/p+1/b10-8-,16-14-,22-20-. The molecule has 0 radical (unpaired) electrons. The minimum absolute atomic E-state index is 0.0879. The molecule has 0 bridgehead atoms. The van der Waals surface area contributed by atoms with Gasteiger partial charge < -0.3 is 18.9 Å². The molecule has 0 saturated carbocycles. The number of quaternary nitrogens is 1. The van der Waals surface area contributed by atoms with Gasteiger partial charge in [0.2, 0.25) is 0 Å². The maximum atomic E-state index is 12.7. The van der Waals surface area contributed by atoms with Gasteiger partial charge in [-0.2, -0.15) is 0 Å². The smallest absolute Gasteiger partial charge is 0.457 e. The Bertz CT molecular complexity index is 978. The number of carbonyl (C=O) groups is 1. The Kier molecular flexibility index (Phi) is 38.6. The molecule has 0 aromatic carbocycles. The van der Waals surface area contributed by atoms with Crippen molar-refractivity contribution in [2.75, 3.05) is 54.1 Å². The molecule has 55 heavy (non-hydrogen) atoms. The van der Waals surface area contributed by atoms with Crippen molar-refractivity contribution in [1.82, 2.24) is 0 Å². The first kappa shape index (κ1) is 53.7. The van der Waals surface area contributed by atoms with Crippen molar-refractivity contribution in [3.63, 3.8) is 0 Å². The number of phosphoric acid groups is 1. The van der Waals surface area contributed by atoms with Crippen LogP contribution in [-0.4, -0.2) is 75.6 Å². The van der Waals surface area contributed by atoms with E-state index in [-0.39, 0.29) is 25.8 Å². The second-order valence-corrected chi connectivity index (χ2v) is 17.9. The lowest BCUT2D eigenvalue weighted by atomic mass is 10.0. The Hall–Kier alpha value is -1.28. The van der Waals surface area contributed by atoms with E-state index in [0.717, 1.165) is 51.4 Å². The van der Waals surface area contributed by atoms with Crippen LogP contribution in [0.25, 0.3) is 0 Å². The van der Waals surface area contributed by atoms with Gasteiger partial charge in [0.1, 0.15) is 19.3 Å². The molecular weight excluding hydrogens is 709 g/mol. The summed E-state index contributed by atoms with van der Waals surface area (Å²) in [5.41, 5.74) is 0. The van der Waals surface area contributed by atoms with Crippen LogP contribution in [0, 0.1) is 0 Å². The molecule has 2 unspecified atom stereocenters. The van der Waals surface area contributed by atoms with Crippen LogP contribution in [-0.2, 0) is 27.9 Å². The maximum absolute atomic E-state index is 12.7. The van der Waals surface area contributed by atoms with Crippen molar-refractivity contribution < 1.29 is 37.3 Å². The number of ether oxygens (including phenoxy) is 2. The summed E-state index contributed by atoms with van der Waals surface area (Å²) in [4.78, 5) is 22.9. The molecule has 0 heterocycles. The Balaban J connectivity index is 4.20. The maximum Gasteiger partial charge on any atom is 0.472 e. The van der Waals surface area contributed by atoms with Gasteiger partial charge in [0.15, 0.2) is 0 Å².